The number of rotatable bonds is 1. The second kappa shape index (κ2) is 3.58. The first-order chi connectivity index (χ1) is 3.42. The zero-order valence-corrected chi connectivity index (χ0v) is 3.31. The average Bonchev–Trinajstić information content (AvgIpc) is 1.21. The van der Waals surface area contributed by atoms with Crippen LogP contribution in [0.2, 0.25) is 0 Å². The second-order valence-electron chi connectivity index (χ2n) is 0.761. The van der Waals surface area contributed by atoms with Gasteiger partial charge in [-0.05, 0) is 0 Å². The summed E-state index contributed by atoms with van der Waals surface area (Å²) >= 11 is 0. The van der Waals surface area contributed by atoms with Crippen LogP contribution in [0.5, 0.6) is 0 Å². The van der Waals surface area contributed by atoms with Gasteiger partial charge in [0.2, 0.25) is 0 Å². The fourth-order valence-electron chi connectivity index (χ4n) is 0.0845. The molecule has 0 aromatic rings. The molecule has 0 aromatic carbocycles. The molecule has 0 aromatic heterocycles. The maximum absolute atomic E-state index is 10.6. The minimum absolute atomic E-state index is 0. The Kier molecular flexibility index (Phi) is 4.53. The third-order valence-electron chi connectivity index (χ3n) is 0.178. The van der Waals surface area contributed by atoms with E-state index in [0.29, 0.717) is 0 Å². The molecule has 9 heavy (non-hydrogen) atoms. The molecule has 0 saturated carbocycles. The van der Waals surface area contributed by atoms with Gasteiger partial charge in [0.05, 0.1) is 0 Å². The molecular weight excluding hydrogens is 138 g/mol. The van der Waals surface area contributed by atoms with Crippen LogP contribution in [0.15, 0.2) is 0 Å². The van der Waals surface area contributed by atoms with E-state index >= 15 is 0 Å². The van der Waals surface area contributed by atoms with E-state index in [-0.39, 0.29) is 18.9 Å². The number of halogens is 3. The van der Waals surface area contributed by atoms with Gasteiger partial charge < -0.3 is 0 Å². The maximum atomic E-state index is 10.6. The monoisotopic (exact) mass is 139 g/mol. The van der Waals surface area contributed by atoms with E-state index in [0.717, 1.165) is 0 Å². The van der Waals surface area contributed by atoms with Crippen molar-refractivity contribution in [2.45, 2.75) is 6.36 Å². The van der Waals surface area contributed by atoms with Gasteiger partial charge in [-0.25, -0.2) is 4.84 Å². The van der Waals surface area contributed by atoms with Crippen LogP contribution >= 0.6 is 0 Å². The van der Waals surface area contributed by atoms with Crippen molar-refractivity contribution < 1.29 is 23.1 Å². The van der Waals surface area contributed by atoms with Gasteiger partial charge in [0, 0.05) is 0 Å². The summed E-state index contributed by atoms with van der Waals surface area (Å²) in [5, 5.41) is 6.96. The van der Waals surface area contributed by atoms with Crippen LogP contribution in [0.3, 0.4) is 0 Å². The third kappa shape index (κ3) is 11.3. The molecule has 0 aliphatic carbocycles. The van der Waals surface area contributed by atoms with Crippen LogP contribution in [0.1, 0.15) is 0 Å². The van der Waals surface area contributed by atoms with Crippen LogP contribution in [-0.2, 0) is 4.84 Å². The molecule has 0 fully saturated rings. The Morgan fingerprint density at radius 2 is 1.78 bits per heavy atom. The van der Waals surface area contributed by atoms with Crippen LogP contribution in [-0.4, -0.2) is 30.3 Å². The van der Waals surface area contributed by atoms with Gasteiger partial charge in [-0.15, -0.1) is 23.3 Å². The van der Waals surface area contributed by atoms with E-state index in [1.807, 2.05) is 0 Å². The van der Waals surface area contributed by atoms with Gasteiger partial charge in [-0.1, -0.05) is 0 Å². The number of alkyl halides is 3. The van der Waals surface area contributed by atoms with Gasteiger partial charge >= 0.3 is 30.3 Å². The Balaban J connectivity index is 0. The van der Waals surface area contributed by atoms with Gasteiger partial charge in [0.25, 0.3) is 0 Å². The fraction of sp³-hybridized carbons (Fsp3) is 1.00. The van der Waals surface area contributed by atoms with E-state index in [1.165, 1.54) is 0 Å². The van der Waals surface area contributed by atoms with Crippen molar-refractivity contribution in [2.24, 2.45) is 0 Å². The van der Waals surface area contributed by atoms with Crippen molar-refractivity contribution in [1.82, 2.24) is 0 Å². The molecule has 0 N–H and O–H groups in total. The standard InChI is InChI=1S/CF3NO3.Li.H/c2-1(3,4)8-5(6)7;;. The molecule has 4 nitrogen and oxygen atoms in total. The van der Waals surface area contributed by atoms with E-state index < -0.39 is 11.4 Å². The van der Waals surface area contributed by atoms with Crippen molar-refractivity contribution in [2.75, 3.05) is 0 Å². The molecule has 0 bridgehead atoms. The molecule has 0 heterocycles. The first-order valence-corrected chi connectivity index (χ1v) is 1.32. The van der Waals surface area contributed by atoms with Gasteiger partial charge in [0.1, 0.15) is 0 Å². The fourth-order valence-corrected chi connectivity index (χ4v) is 0.0845. The quantitative estimate of drug-likeness (QED) is 0.293. The number of hydrogen-bond acceptors (Lipinski definition) is 3. The molecule has 8 heteroatoms. The first-order valence-electron chi connectivity index (χ1n) is 1.32. The van der Waals surface area contributed by atoms with Crippen LogP contribution in [0, 0.1) is 10.1 Å². The Labute approximate surface area is 59.3 Å². The Morgan fingerprint density at radius 3 is 1.78 bits per heavy atom. The molecule has 0 atom stereocenters. The summed E-state index contributed by atoms with van der Waals surface area (Å²) in [5.74, 6) is 0. The van der Waals surface area contributed by atoms with Crippen molar-refractivity contribution in [1.29, 1.82) is 0 Å². The number of hydrogen-bond donors (Lipinski definition) is 0. The van der Waals surface area contributed by atoms with Crippen LogP contribution in [0.25, 0.3) is 0 Å². The predicted molar refractivity (Wildman–Crippen MR) is 21.3 cm³/mol. The van der Waals surface area contributed by atoms with Crippen molar-refractivity contribution in [3.8, 4) is 0 Å². The molecule has 0 saturated heterocycles. The van der Waals surface area contributed by atoms with Crippen molar-refractivity contribution in [3.63, 3.8) is 0 Å². The zero-order valence-electron chi connectivity index (χ0n) is 3.31. The number of nitrogens with zero attached hydrogens (tertiary/aromatic N) is 1. The predicted octanol–water partition coefficient (Wildman–Crippen LogP) is 0.0660. The summed E-state index contributed by atoms with van der Waals surface area (Å²) in [7, 11) is 0. The van der Waals surface area contributed by atoms with E-state index in [2.05, 4.69) is 4.84 Å². The van der Waals surface area contributed by atoms with E-state index in [1.54, 1.807) is 0 Å². The SMILES string of the molecule is O=[N+]([O-])OC(F)(F)F.[LiH]. The molecule has 0 aliphatic rings. The average molecular weight is 139 g/mol. The molecule has 0 rings (SSSR count). The third-order valence-corrected chi connectivity index (χ3v) is 0.178. The normalized spacial score (nSPS) is 9.67. The van der Waals surface area contributed by atoms with Gasteiger partial charge in [-0.2, -0.15) is 0 Å². The molecule has 50 valence electrons. The molecule has 0 unspecified atom stereocenters. The Morgan fingerprint density at radius 1 is 1.44 bits per heavy atom. The van der Waals surface area contributed by atoms with Crippen LogP contribution in [0.4, 0.5) is 13.2 Å². The summed E-state index contributed by atoms with van der Waals surface area (Å²) in [5.41, 5.74) is 0. The summed E-state index contributed by atoms with van der Waals surface area (Å²) in [4.78, 5) is 11.0. The molecule has 0 amide bonds. The molecule has 0 aliphatic heterocycles. The van der Waals surface area contributed by atoms with E-state index in [9.17, 15) is 13.2 Å². The molecule has 0 radical (unpaired) electrons. The van der Waals surface area contributed by atoms with Gasteiger partial charge in [0.15, 0.2) is 0 Å². The Hall–Kier alpha value is -0.413. The summed E-state index contributed by atoms with van der Waals surface area (Å²) < 4.78 is 31.9. The molecule has 0 spiro atoms. The van der Waals surface area contributed by atoms with E-state index in [4.69, 9.17) is 10.1 Å². The Bertz CT molecular complexity index is 102. The summed E-state index contributed by atoms with van der Waals surface area (Å²) in [6.07, 6.45) is -5.18. The first kappa shape index (κ1) is 11.4. The second-order valence-corrected chi connectivity index (χ2v) is 0.761. The summed E-state index contributed by atoms with van der Waals surface area (Å²) in [6, 6.07) is 0. The van der Waals surface area contributed by atoms with Gasteiger partial charge in [-0.3, -0.25) is 0 Å². The van der Waals surface area contributed by atoms with Crippen molar-refractivity contribution in [3.05, 3.63) is 10.1 Å². The van der Waals surface area contributed by atoms with Crippen molar-refractivity contribution >= 4 is 18.9 Å². The minimum atomic E-state index is -5.18. The topological polar surface area (TPSA) is 52.4 Å². The zero-order chi connectivity index (χ0) is 6.78. The van der Waals surface area contributed by atoms with Crippen LogP contribution < -0.4 is 0 Å². The molecular formula is CHF3LiNO3. The summed E-state index contributed by atoms with van der Waals surface area (Å²) in [6.45, 7) is 0.